The Balaban J connectivity index is 1.98. The molecule has 1 aliphatic heterocycles. The van der Waals surface area contributed by atoms with Crippen molar-refractivity contribution in [2.75, 3.05) is 13.1 Å². The number of benzene rings is 1. The highest BCUT2D eigenvalue weighted by atomic mass is 16.2. The van der Waals surface area contributed by atoms with E-state index in [9.17, 15) is 9.59 Å². The average Bonchev–Trinajstić information content (AvgIpc) is 2.49. The van der Waals surface area contributed by atoms with Gasteiger partial charge in [-0.3, -0.25) is 9.59 Å². The second kappa shape index (κ2) is 6.12. The summed E-state index contributed by atoms with van der Waals surface area (Å²) >= 11 is 0. The van der Waals surface area contributed by atoms with Gasteiger partial charge < -0.3 is 10.2 Å². The number of hydrogen-bond acceptors (Lipinski definition) is 2. The molecule has 21 heavy (non-hydrogen) atoms. The third kappa shape index (κ3) is 3.15. The minimum Gasteiger partial charge on any atom is -0.344 e. The summed E-state index contributed by atoms with van der Waals surface area (Å²) in [5.74, 6) is -0.227. The van der Waals surface area contributed by atoms with Crippen molar-refractivity contribution >= 4 is 11.8 Å². The Morgan fingerprint density at radius 1 is 1.38 bits per heavy atom. The zero-order valence-corrected chi connectivity index (χ0v) is 12.6. The normalized spacial score (nSPS) is 17.5. The number of carbonyl (C=O) groups is 2. The van der Waals surface area contributed by atoms with Crippen LogP contribution in [-0.4, -0.2) is 35.3 Å². The molecule has 0 aliphatic carbocycles. The van der Waals surface area contributed by atoms with E-state index in [1.54, 1.807) is 0 Å². The van der Waals surface area contributed by atoms with Gasteiger partial charge in [0.25, 0.3) is 0 Å². The monoisotopic (exact) mass is 286 g/mol. The molecule has 1 N–H and O–H groups in total. The van der Waals surface area contributed by atoms with Gasteiger partial charge in [-0.2, -0.15) is 0 Å². The summed E-state index contributed by atoms with van der Waals surface area (Å²) < 4.78 is 0. The summed E-state index contributed by atoms with van der Waals surface area (Å²) in [6.45, 7) is 8.55. The van der Waals surface area contributed by atoms with Gasteiger partial charge in [-0.05, 0) is 25.0 Å². The van der Waals surface area contributed by atoms with Crippen LogP contribution in [0.4, 0.5) is 0 Å². The maximum atomic E-state index is 12.5. The van der Waals surface area contributed by atoms with E-state index >= 15 is 0 Å². The first-order valence-corrected chi connectivity index (χ1v) is 7.29. The summed E-state index contributed by atoms with van der Waals surface area (Å²) in [5.41, 5.74) is 0.726. The molecule has 1 saturated heterocycles. The smallest absolute Gasteiger partial charge is 0.243 e. The van der Waals surface area contributed by atoms with Crippen molar-refractivity contribution in [2.24, 2.45) is 0 Å². The van der Waals surface area contributed by atoms with Gasteiger partial charge in [0, 0.05) is 13.1 Å². The molecule has 112 valence electrons. The van der Waals surface area contributed by atoms with Crippen LogP contribution in [0, 0.1) is 0 Å². The van der Waals surface area contributed by atoms with Crippen LogP contribution in [0.2, 0.25) is 0 Å². The Hall–Kier alpha value is -2.10. The molecule has 1 atom stereocenters. The minimum atomic E-state index is -0.294. The van der Waals surface area contributed by atoms with E-state index < -0.39 is 0 Å². The van der Waals surface area contributed by atoms with E-state index in [0.29, 0.717) is 13.1 Å². The third-order valence-corrected chi connectivity index (χ3v) is 4.22. The Morgan fingerprint density at radius 2 is 2.00 bits per heavy atom. The third-order valence-electron chi connectivity index (χ3n) is 4.22. The minimum absolute atomic E-state index is 0.109. The van der Waals surface area contributed by atoms with Crippen molar-refractivity contribution < 1.29 is 9.59 Å². The number of hydrogen-bond donors (Lipinski definition) is 1. The van der Waals surface area contributed by atoms with E-state index in [2.05, 4.69) is 11.9 Å². The lowest BCUT2D eigenvalue weighted by molar-refractivity contribution is -0.143. The molecule has 1 aliphatic rings. The topological polar surface area (TPSA) is 49.4 Å². The predicted molar refractivity (Wildman–Crippen MR) is 82.8 cm³/mol. The maximum Gasteiger partial charge on any atom is 0.243 e. The molecule has 4 nitrogen and oxygen atoms in total. The van der Waals surface area contributed by atoms with Crippen LogP contribution in [0.25, 0.3) is 0 Å². The van der Waals surface area contributed by atoms with E-state index in [1.165, 1.54) is 6.08 Å². The van der Waals surface area contributed by atoms with Crippen LogP contribution < -0.4 is 5.32 Å². The highest BCUT2D eigenvalue weighted by Gasteiger charge is 2.45. The largest absolute Gasteiger partial charge is 0.344 e. The van der Waals surface area contributed by atoms with Gasteiger partial charge in [0.05, 0.1) is 11.5 Å². The molecule has 0 radical (unpaired) electrons. The van der Waals surface area contributed by atoms with Crippen molar-refractivity contribution in [2.45, 2.75) is 31.7 Å². The van der Waals surface area contributed by atoms with E-state index in [0.717, 1.165) is 12.0 Å². The SMILES string of the molecule is C=CC(=O)NC1(CC)CN(C(=O)[C@H](C)c2ccccc2)C1. The number of nitrogens with zero attached hydrogens (tertiary/aromatic N) is 1. The highest BCUT2D eigenvalue weighted by Crippen LogP contribution is 2.28. The fraction of sp³-hybridized carbons (Fsp3) is 0.412. The van der Waals surface area contributed by atoms with Crippen LogP contribution in [0.5, 0.6) is 0 Å². The molecular weight excluding hydrogens is 264 g/mol. The first-order chi connectivity index (χ1) is 10.0. The molecule has 1 aromatic carbocycles. The first kappa shape index (κ1) is 15.3. The lowest BCUT2D eigenvalue weighted by atomic mass is 9.85. The van der Waals surface area contributed by atoms with Crippen molar-refractivity contribution in [1.29, 1.82) is 0 Å². The molecule has 0 spiro atoms. The van der Waals surface area contributed by atoms with Gasteiger partial charge in [-0.1, -0.05) is 43.8 Å². The Morgan fingerprint density at radius 3 is 2.52 bits per heavy atom. The molecule has 2 amide bonds. The van der Waals surface area contributed by atoms with Crippen molar-refractivity contribution in [3.05, 3.63) is 48.6 Å². The van der Waals surface area contributed by atoms with Gasteiger partial charge in [0.15, 0.2) is 0 Å². The summed E-state index contributed by atoms with van der Waals surface area (Å²) in [5, 5.41) is 2.94. The number of carbonyl (C=O) groups excluding carboxylic acids is 2. The molecule has 0 unspecified atom stereocenters. The summed E-state index contributed by atoms with van der Waals surface area (Å²) in [6.07, 6.45) is 2.07. The van der Waals surface area contributed by atoms with Crippen LogP contribution >= 0.6 is 0 Å². The van der Waals surface area contributed by atoms with Crippen LogP contribution in [-0.2, 0) is 9.59 Å². The van der Waals surface area contributed by atoms with Crippen LogP contribution in [0.3, 0.4) is 0 Å². The van der Waals surface area contributed by atoms with Gasteiger partial charge in [-0.15, -0.1) is 0 Å². The molecule has 2 rings (SSSR count). The predicted octanol–water partition coefficient (Wildman–Crippen LogP) is 2.08. The second-order valence-electron chi connectivity index (χ2n) is 5.65. The second-order valence-corrected chi connectivity index (χ2v) is 5.65. The molecule has 1 fully saturated rings. The first-order valence-electron chi connectivity index (χ1n) is 7.29. The molecule has 1 heterocycles. The fourth-order valence-corrected chi connectivity index (χ4v) is 2.70. The Bertz CT molecular complexity index is 533. The molecule has 0 saturated carbocycles. The van der Waals surface area contributed by atoms with E-state index in [-0.39, 0.29) is 23.3 Å². The lowest BCUT2D eigenvalue weighted by Gasteiger charge is -2.50. The fourth-order valence-electron chi connectivity index (χ4n) is 2.70. The molecular formula is C17H22N2O2. The van der Waals surface area contributed by atoms with Crippen molar-refractivity contribution in [3.63, 3.8) is 0 Å². The average molecular weight is 286 g/mol. The summed E-state index contributed by atoms with van der Waals surface area (Å²) in [4.78, 5) is 25.8. The number of likely N-dealkylation sites (tertiary alicyclic amines) is 1. The molecule has 4 heteroatoms. The Labute approximate surface area is 125 Å². The standard InChI is InChI=1S/C17H22N2O2/c1-4-15(20)18-17(5-2)11-19(12-17)16(21)13(3)14-9-7-6-8-10-14/h4,6-10,13H,1,5,11-12H2,2-3H3,(H,18,20)/t13-/m1/s1. The molecule has 0 aromatic heterocycles. The number of nitrogens with one attached hydrogen (secondary N) is 1. The van der Waals surface area contributed by atoms with Crippen LogP contribution in [0.15, 0.2) is 43.0 Å². The summed E-state index contributed by atoms with van der Waals surface area (Å²) in [7, 11) is 0. The maximum absolute atomic E-state index is 12.5. The van der Waals surface area contributed by atoms with Gasteiger partial charge >= 0.3 is 0 Å². The molecule has 1 aromatic rings. The van der Waals surface area contributed by atoms with E-state index in [1.807, 2.05) is 49.1 Å². The van der Waals surface area contributed by atoms with E-state index in [4.69, 9.17) is 0 Å². The number of amides is 2. The van der Waals surface area contributed by atoms with Crippen molar-refractivity contribution in [3.8, 4) is 0 Å². The van der Waals surface area contributed by atoms with Crippen LogP contribution in [0.1, 0.15) is 31.7 Å². The van der Waals surface area contributed by atoms with Gasteiger partial charge in [-0.25, -0.2) is 0 Å². The number of rotatable bonds is 5. The van der Waals surface area contributed by atoms with Crippen molar-refractivity contribution in [1.82, 2.24) is 10.2 Å². The zero-order valence-electron chi connectivity index (χ0n) is 12.6. The Kier molecular flexibility index (Phi) is 4.46. The lowest BCUT2D eigenvalue weighted by Crippen LogP contribution is -2.71. The zero-order chi connectivity index (χ0) is 15.5. The van der Waals surface area contributed by atoms with Gasteiger partial charge in [0.1, 0.15) is 0 Å². The highest BCUT2D eigenvalue weighted by molar-refractivity contribution is 5.89. The van der Waals surface area contributed by atoms with Gasteiger partial charge in [0.2, 0.25) is 11.8 Å². The quantitative estimate of drug-likeness (QED) is 0.843. The summed E-state index contributed by atoms with van der Waals surface area (Å²) in [6, 6.07) is 9.76. The molecule has 0 bridgehead atoms.